The number of hydrogen-bond donors (Lipinski definition) is 0. The van der Waals surface area contributed by atoms with Gasteiger partial charge in [0.05, 0.1) is 34.2 Å². The molecule has 1 aliphatic heterocycles. The molecule has 0 radical (unpaired) electrons. The molecule has 5 aromatic carbocycles. The molecular weight excluding hydrogens is 658 g/mol. The van der Waals surface area contributed by atoms with Crippen LogP contribution in [-0.4, -0.2) is 28.4 Å². The van der Waals surface area contributed by atoms with E-state index in [0.717, 1.165) is 47.3 Å². The average molecular weight is 701 g/mol. The van der Waals surface area contributed by atoms with E-state index in [1.54, 1.807) is 28.4 Å². The van der Waals surface area contributed by atoms with Crippen LogP contribution in [0.2, 0.25) is 0 Å². The highest BCUT2D eigenvalue weighted by Gasteiger charge is 2.39. The smallest absolute Gasteiger partial charge is 0.139 e. The van der Waals surface area contributed by atoms with Crippen molar-refractivity contribution in [3.8, 4) is 28.7 Å². The monoisotopic (exact) mass is 700 g/mol. The van der Waals surface area contributed by atoms with Crippen molar-refractivity contribution in [2.45, 2.75) is 32.1 Å². The van der Waals surface area contributed by atoms with Crippen molar-refractivity contribution in [1.82, 2.24) is 0 Å². The van der Waals surface area contributed by atoms with Crippen LogP contribution in [0, 0.1) is 0 Å². The van der Waals surface area contributed by atoms with E-state index in [4.69, 9.17) is 23.7 Å². The van der Waals surface area contributed by atoms with Crippen LogP contribution in [0.15, 0.2) is 132 Å². The molecule has 0 saturated carbocycles. The maximum Gasteiger partial charge on any atom is 0.139 e. The summed E-state index contributed by atoms with van der Waals surface area (Å²) in [6.07, 6.45) is 6.19. The van der Waals surface area contributed by atoms with Crippen LogP contribution in [-0.2, 0) is 10.2 Å². The van der Waals surface area contributed by atoms with Crippen molar-refractivity contribution in [1.29, 1.82) is 0 Å². The summed E-state index contributed by atoms with van der Waals surface area (Å²) in [5, 5.41) is 7.48. The third kappa shape index (κ3) is 6.30. The second kappa shape index (κ2) is 14.4. The van der Waals surface area contributed by atoms with Crippen LogP contribution >= 0.6 is 15.8 Å². The molecule has 7 rings (SSSR count). The fourth-order valence-corrected chi connectivity index (χ4v) is 11.8. The largest absolute Gasteiger partial charge is 0.501 e. The first kappa shape index (κ1) is 33.9. The Morgan fingerprint density at radius 1 is 0.500 bits per heavy atom. The fourth-order valence-electron chi connectivity index (χ4n) is 6.89. The van der Waals surface area contributed by atoms with E-state index in [0.29, 0.717) is 0 Å². The summed E-state index contributed by atoms with van der Waals surface area (Å²) in [7, 11) is 4.95. The predicted molar refractivity (Wildman–Crippen MR) is 208 cm³/mol. The van der Waals surface area contributed by atoms with Gasteiger partial charge in [0.1, 0.15) is 28.7 Å². The van der Waals surface area contributed by atoms with Gasteiger partial charge in [-0.05, 0) is 86.0 Å². The van der Waals surface area contributed by atoms with Crippen LogP contribution in [0.1, 0.15) is 37.8 Å². The van der Waals surface area contributed by atoms with Crippen molar-refractivity contribution < 1.29 is 23.7 Å². The third-order valence-electron chi connectivity index (χ3n) is 9.65. The first-order valence-electron chi connectivity index (χ1n) is 16.8. The van der Waals surface area contributed by atoms with Crippen LogP contribution in [0.25, 0.3) is 0 Å². The zero-order valence-corrected chi connectivity index (χ0v) is 31.2. The molecule has 0 amide bonds. The molecule has 0 spiro atoms. The number of methoxy groups -OCH3 is 4. The highest BCUT2D eigenvalue weighted by atomic mass is 31.1. The first-order chi connectivity index (χ1) is 24.4. The lowest BCUT2D eigenvalue weighted by atomic mass is 9.76. The normalized spacial score (nSPS) is 15.1. The molecule has 254 valence electrons. The van der Waals surface area contributed by atoms with Gasteiger partial charge in [-0.25, -0.2) is 0 Å². The summed E-state index contributed by atoms with van der Waals surface area (Å²) in [5.74, 6) is 5.43. The van der Waals surface area contributed by atoms with Gasteiger partial charge in [0, 0.05) is 33.6 Å². The van der Waals surface area contributed by atoms with Gasteiger partial charge in [-0.15, -0.1) is 0 Å². The first-order valence-corrected chi connectivity index (χ1v) is 19.5. The van der Waals surface area contributed by atoms with E-state index in [-0.39, 0.29) is 5.41 Å². The maximum absolute atomic E-state index is 7.36. The van der Waals surface area contributed by atoms with Crippen LogP contribution in [0.5, 0.6) is 28.7 Å². The average Bonchev–Trinajstić information content (AvgIpc) is 3.16. The van der Waals surface area contributed by atoms with E-state index in [2.05, 4.69) is 111 Å². The minimum atomic E-state index is -0.998. The van der Waals surface area contributed by atoms with E-state index >= 15 is 0 Å². The van der Waals surface area contributed by atoms with Crippen molar-refractivity contribution in [3.05, 3.63) is 144 Å². The third-order valence-corrected chi connectivity index (χ3v) is 14.7. The molecule has 0 bridgehead atoms. The van der Waals surface area contributed by atoms with Crippen LogP contribution in [0.4, 0.5) is 0 Å². The van der Waals surface area contributed by atoms with Crippen LogP contribution < -0.4 is 45.5 Å². The van der Waals surface area contributed by atoms with Crippen molar-refractivity contribution >= 4 is 42.4 Å². The number of allylic oxidation sites excluding steroid dienone is 4. The molecular formula is C43H42O5P2. The van der Waals surface area contributed by atoms with Gasteiger partial charge >= 0.3 is 0 Å². The van der Waals surface area contributed by atoms with Crippen molar-refractivity contribution in [2.24, 2.45) is 0 Å². The number of ether oxygens (including phenoxy) is 5. The standard InChI is InChI=1S/C43H42O5P2/c1-43(2)37-9-7-11-39(49(33-21-13-29(44-3)14-22-33)34-23-15-30(45-4)16-24-34)41(37)48-42-38(43)10-8-12-40(42)50(35-25-17-31(46-5)18-26-35)36-27-19-32(47-6)20-28-36/h7-19,21-27H,20,28H2,1-6H3. The Balaban J connectivity index is 1.42. The summed E-state index contributed by atoms with van der Waals surface area (Å²) in [6.45, 7) is 4.65. The van der Waals surface area contributed by atoms with Gasteiger partial charge in [0.15, 0.2) is 0 Å². The van der Waals surface area contributed by atoms with Gasteiger partial charge < -0.3 is 23.7 Å². The second-order valence-electron chi connectivity index (χ2n) is 12.8. The van der Waals surface area contributed by atoms with Gasteiger partial charge in [-0.1, -0.05) is 92.7 Å². The SMILES string of the molecule is COC1=CC=C(P(c2ccc(OC)cc2)c2cccc3c2Oc2c(P(c4ccc(OC)cc4)c4ccc(OC)cc4)cccc2C3(C)C)CC1. The molecule has 7 heteroatoms. The fraction of sp³-hybridized carbons (Fsp3) is 0.209. The second-order valence-corrected chi connectivity index (χ2v) is 17.2. The number of rotatable bonds is 10. The van der Waals surface area contributed by atoms with Gasteiger partial charge in [-0.2, -0.15) is 0 Å². The molecule has 1 unspecified atom stereocenters. The molecule has 1 heterocycles. The molecule has 50 heavy (non-hydrogen) atoms. The minimum Gasteiger partial charge on any atom is -0.501 e. The molecule has 1 aliphatic carbocycles. The Bertz CT molecular complexity index is 2000. The zero-order valence-electron chi connectivity index (χ0n) is 29.4. The summed E-state index contributed by atoms with van der Waals surface area (Å²) in [5.41, 5.74) is 2.08. The van der Waals surface area contributed by atoms with Crippen molar-refractivity contribution in [2.75, 3.05) is 28.4 Å². The lowest BCUT2D eigenvalue weighted by molar-refractivity contribution is 0.276. The summed E-state index contributed by atoms with van der Waals surface area (Å²) >= 11 is 0. The summed E-state index contributed by atoms with van der Waals surface area (Å²) < 4.78 is 29.6. The van der Waals surface area contributed by atoms with Gasteiger partial charge in [-0.3, -0.25) is 0 Å². The molecule has 0 N–H and O–H groups in total. The molecule has 1 atom stereocenters. The summed E-state index contributed by atoms with van der Waals surface area (Å²) in [4.78, 5) is 0. The Labute approximate surface area is 298 Å². The highest BCUT2D eigenvalue weighted by molar-refractivity contribution is 7.80. The Morgan fingerprint density at radius 2 is 0.940 bits per heavy atom. The minimum absolute atomic E-state index is 0.305. The molecule has 0 fully saturated rings. The Morgan fingerprint density at radius 3 is 1.34 bits per heavy atom. The molecule has 0 aromatic heterocycles. The molecule has 2 aliphatic rings. The van der Waals surface area contributed by atoms with E-state index in [1.165, 1.54) is 43.0 Å². The van der Waals surface area contributed by atoms with E-state index < -0.39 is 15.8 Å². The molecule has 0 saturated heterocycles. The number of hydrogen-bond acceptors (Lipinski definition) is 5. The van der Waals surface area contributed by atoms with Gasteiger partial charge in [0.2, 0.25) is 0 Å². The Kier molecular flexibility index (Phi) is 9.73. The lowest BCUT2D eigenvalue weighted by Gasteiger charge is -2.38. The molecule has 5 nitrogen and oxygen atoms in total. The summed E-state index contributed by atoms with van der Waals surface area (Å²) in [6, 6.07) is 38.8. The maximum atomic E-state index is 7.36. The number of benzene rings is 5. The zero-order chi connectivity index (χ0) is 34.8. The number of para-hydroxylation sites is 2. The topological polar surface area (TPSA) is 46.2 Å². The highest BCUT2D eigenvalue weighted by Crippen LogP contribution is 2.55. The van der Waals surface area contributed by atoms with Gasteiger partial charge in [0.25, 0.3) is 0 Å². The van der Waals surface area contributed by atoms with E-state index in [1.807, 2.05) is 24.3 Å². The predicted octanol–water partition coefficient (Wildman–Crippen LogP) is 8.54. The van der Waals surface area contributed by atoms with Crippen molar-refractivity contribution in [3.63, 3.8) is 0 Å². The van der Waals surface area contributed by atoms with Crippen LogP contribution in [0.3, 0.4) is 0 Å². The number of fused-ring (bicyclic) bond motifs is 2. The molecule has 5 aromatic rings. The lowest BCUT2D eigenvalue weighted by Crippen LogP contribution is -2.32. The Hall–Kier alpha value is -4.56. The quantitative estimate of drug-likeness (QED) is 0.137. The van der Waals surface area contributed by atoms with E-state index in [9.17, 15) is 0 Å².